The Morgan fingerprint density at radius 1 is 1.24 bits per heavy atom. The third kappa shape index (κ3) is 4.55. The lowest BCUT2D eigenvalue weighted by Gasteiger charge is -2.23. The molecule has 0 fully saturated rings. The summed E-state index contributed by atoms with van der Waals surface area (Å²) >= 11 is 1.39. The van der Waals surface area contributed by atoms with Gasteiger partial charge in [-0.1, -0.05) is 24.3 Å². The molecule has 0 unspecified atom stereocenters. The van der Waals surface area contributed by atoms with Gasteiger partial charge in [-0.2, -0.15) is 5.10 Å². The lowest BCUT2D eigenvalue weighted by molar-refractivity contribution is 0.112. The molecule has 0 radical (unpaired) electrons. The Morgan fingerprint density at radius 2 is 2.05 bits per heavy atom. The fraction of sp³-hybridized carbons (Fsp3) is 0.148. The normalized spacial score (nSPS) is 11.6. The number of fused-ring (bicyclic) bond motifs is 1. The topological polar surface area (TPSA) is 132 Å². The molecule has 3 heterocycles. The maximum atomic E-state index is 11.8. The van der Waals surface area contributed by atoms with E-state index in [0.717, 1.165) is 17.5 Å². The van der Waals surface area contributed by atoms with Crippen molar-refractivity contribution in [3.8, 4) is 22.8 Å². The molecule has 3 N–H and O–H groups in total. The Kier molecular flexibility index (Phi) is 6.75. The number of aldehydes is 1. The number of phenols is 1. The molecular weight excluding hydrogens is 502 g/mol. The Labute approximate surface area is 222 Å². The molecule has 0 bridgehead atoms. The van der Waals surface area contributed by atoms with Crippen LogP contribution in [-0.2, 0) is 6.54 Å². The number of rotatable bonds is 7. The molecule has 0 spiro atoms. The van der Waals surface area contributed by atoms with Crippen LogP contribution in [0.1, 0.15) is 15.9 Å². The summed E-state index contributed by atoms with van der Waals surface area (Å²) in [5, 5.41) is 18.0. The minimum absolute atomic E-state index is 0.105. The van der Waals surface area contributed by atoms with Crippen LogP contribution in [0.5, 0.6) is 11.5 Å². The first kappa shape index (κ1) is 24.9. The SMILES string of the molecule is COc1ccccc1N(C)C(Cn1nc(-c2cccc(O)c2)c2c(N)ncnc21)=Nc1scc(C)c1C=O. The molecule has 11 heteroatoms. The molecule has 0 saturated carbocycles. The highest BCUT2D eigenvalue weighted by atomic mass is 32.1. The van der Waals surface area contributed by atoms with E-state index in [0.29, 0.717) is 44.4 Å². The molecular formula is C27H25N7O3S. The predicted octanol–water partition coefficient (Wildman–Crippen LogP) is 4.84. The summed E-state index contributed by atoms with van der Waals surface area (Å²) in [6, 6.07) is 14.4. The first-order chi connectivity index (χ1) is 18.4. The number of aryl methyl sites for hydroxylation is 1. The molecule has 2 aromatic carbocycles. The van der Waals surface area contributed by atoms with Gasteiger partial charge in [-0.15, -0.1) is 11.3 Å². The fourth-order valence-electron chi connectivity index (χ4n) is 4.18. The maximum absolute atomic E-state index is 11.8. The van der Waals surface area contributed by atoms with Crippen LogP contribution in [0.4, 0.5) is 16.5 Å². The zero-order valence-corrected chi connectivity index (χ0v) is 21.8. The second-order valence-corrected chi connectivity index (χ2v) is 9.39. The number of hydrogen-bond acceptors (Lipinski definition) is 9. The second kappa shape index (κ2) is 10.3. The lowest BCUT2D eigenvalue weighted by Crippen LogP contribution is -2.31. The largest absolute Gasteiger partial charge is 0.508 e. The van der Waals surface area contributed by atoms with E-state index < -0.39 is 0 Å². The Morgan fingerprint density at radius 3 is 2.82 bits per heavy atom. The number of para-hydroxylation sites is 2. The fourth-order valence-corrected chi connectivity index (χ4v) is 5.09. The van der Waals surface area contributed by atoms with Gasteiger partial charge in [-0.3, -0.25) is 4.79 Å². The molecule has 0 aliphatic carbocycles. The Bertz CT molecular complexity index is 1670. The third-order valence-corrected chi connectivity index (χ3v) is 7.16. The van der Waals surface area contributed by atoms with Gasteiger partial charge < -0.3 is 20.5 Å². The summed E-state index contributed by atoms with van der Waals surface area (Å²) in [7, 11) is 3.49. The summed E-state index contributed by atoms with van der Waals surface area (Å²) in [5.41, 5.74) is 10.2. The number of nitrogens with two attached hydrogens (primary N) is 1. The summed E-state index contributed by atoms with van der Waals surface area (Å²) in [6.45, 7) is 2.07. The first-order valence-corrected chi connectivity index (χ1v) is 12.5. The zero-order valence-electron chi connectivity index (χ0n) is 21.0. The number of ether oxygens (including phenoxy) is 1. The summed E-state index contributed by atoms with van der Waals surface area (Å²) in [4.78, 5) is 27.3. The molecule has 0 aliphatic heterocycles. The van der Waals surface area contributed by atoms with Gasteiger partial charge in [-0.25, -0.2) is 19.6 Å². The number of thiophene rings is 1. The number of carbonyl (C=O) groups excluding carboxylic acids is 1. The van der Waals surface area contributed by atoms with Gasteiger partial charge >= 0.3 is 0 Å². The highest BCUT2D eigenvalue weighted by Gasteiger charge is 2.22. The number of amidine groups is 1. The number of nitrogen functional groups attached to an aromatic ring is 1. The van der Waals surface area contributed by atoms with Crippen molar-refractivity contribution < 1.29 is 14.6 Å². The smallest absolute Gasteiger partial charge is 0.164 e. The average Bonchev–Trinajstić information content (AvgIpc) is 3.48. The van der Waals surface area contributed by atoms with Gasteiger partial charge in [0.2, 0.25) is 0 Å². The number of methoxy groups -OCH3 is 1. The van der Waals surface area contributed by atoms with Gasteiger partial charge in [0.05, 0.1) is 23.7 Å². The molecule has 5 rings (SSSR count). The van der Waals surface area contributed by atoms with Crippen LogP contribution >= 0.6 is 11.3 Å². The monoisotopic (exact) mass is 527 g/mol. The highest BCUT2D eigenvalue weighted by Crippen LogP contribution is 2.34. The predicted molar refractivity (Wildman–Crippen MR) is 150 cm³/mol. The standard InChI is InChI=1S/C27H25N7O3S/c1-16-14-38-27(19(16)13-35)31-22(33(2)20-9-4-5-10-21(20)37-3)12-34-26-23(25(28)29-15-30-26)24(32-34)17-7-6-8-18(36)11-17/h4-11,13-15,36H,12H2,1-3H3,(H2,28,29,30). The van der Waals surface area contributed by atoms with Gasteiger partial charge in [0.15, 0.2) is 11.9 Å². The number of phenolic OH excluding ortho intramolecular Hbond substituents is 1. The van der Waals surface area contributed by atoms with Crippen LogP contribution in [0.3, 0.4) is 0 Å². The number of benzene rings is 2. The van der Waals surface area contributed by atoms with Crippen molar-refractivity contribution in [3.63, 3.8) is 0 Å². The molecule has 38 heavy (non-hydrogen) atoms. The van der Waals surface area contributed by atoms with E-state index in [2.05, 4.69) is 9.97 Å². The van der Waals surface area contributed by atoms with E-state index >= 15 is 0 Å². The van der Waals surface area contributed by atoms with E-state index in [9.17, 15) is 9.90 Å². The first-order valence-electron chi connectivity index (χ1n) is 11.6. The Hall–Kier alpha value is -4.77. The number of aliphatic imine (C=N–C) groups is 1. The minimum Gasteiger partial charge on any atom is -0.508 e. The quantitative estimate of drug-likeness (QED) is 0.175. The molecule has 0 saturated heterocycles. The number of carbonyl (C=O) groups is 1. The van der Waals surface area contributed by atoms with Crippen molar-refractivity contribution >= 4 is 51.0 Å². The van der Waals surface area contributed by atoms with Crippen LogP contribution in [0, 0.1) is 6.92 Å². The van der Waals surface area contributed by atoms with Crippen molar-refractivity contribution in [1.82, 2.24) is 19.7 Å². The van der Waals surface area contributed by atoms with Crippen LogP contribution in [0.25, 0.3) is 22.3 Å². The van der Waals surface area contributed by atoms with Gasteiger partial charge in [0.1, 0.15) is 46.7 Å². The van der Waals surface area contributed by atoms with Gasteiger partial charge in [-0.05, 0) is 42.1 Å². The molecule has 0 amide bonds. The molecule has 10 nitrogen and oxygen atoms in total. The maximum Gasteiger partial charge on any atom is 0.164 e. The van der Waals surface area contributed by atoms with Crippen molar-refractivity contribution in [1.29, 1.82) is 0 Å². The van der Waals surface area contributed by atoms with Gasteiger partial charge in [0, 0.05) is 12.6 Å². The summed E-state index contributed by atoms with van der Waals surface area (Å²) in [5.74, 6) is 1.63. The second-order valence-electron chi connectivity index (χ2n) is 8.53. The van der Waals surface area contributed by atoms with E-state index in [1.165, 1.54) is 17.7 Å². The van der Waals surface area contributed by atoms with Crippen LogP contribution < -0.4 is 15.4 Å². The van der Waals surface area contributed by atoms with Crippen LogP contribution in [-0.4, -0.2) is 51.1 Å². The van der Waals surface area contributed by atoms with Crippen molar-refractivity contribution in [2.45, 2.75) is 13.5 Å². The van der Waals surface area contributed by atoms with E-state index in [1.807, 2.05) is 54.6 Å². The molecule has 0 atom stereocenters. The van der Waals surface area contributed by atoms with Crippen LogP contribution in [0.15, 0.2) is 65.2 Å². The third-order valence-electron chi connectivity index (χ3n) is 6.15. The average molecular weight is 528 g/mol. The van der Waals surface area contributed by atoms with E-state index in [-0.39, 0.29) is 18.1 Å². The number of anilines is 2. The highest BCUT2D eigenvalue weighted by molar-refractivity contribution is 7.14. The number of likely N-dealkylation sites (N-methyl/N-ethyl adjacent to an activating group) is 1. The number of aromatic hydroxyl groups is 1. The lowest BCUT2D eigenvalue weighted by atomic mass is 10.1. The van der Waals surface area contributed by atoms with Crippen LogP contribution in [0.2, 0.25) is 0 Å². The van der Waals surface area contributed by atoms with Crippen molar-refractivity contribution in [2.75, 3.05) is 24.8 Å². The number of nitrogens with zero attached hydrogens (tertiary/aromatic N) is 6. The van der Waals surface area contributed by atoms with Gasteiger partial charge in [0.25, 0.3) is 0 Å². The van der Waals surface area contributed by atoms with Crippen molar-refractivity contribution in [3.05, 3.63) is 71.4 Å². The molecule has 5 aromatic rings. The van der Waals surface area contributed by atoms with E-state index in [4.69, 9.17) is 20.6 Å². The number of aromatic nitrogens is 4. The summed E-state index contributed by atoms with van der Waals surface area (Å²) < 4.78 is 7.28. The van der Waals surface area contributed by atoms with E-state index in [1.54, 1.807) is 30.0 Å². The number of hydrogen-bond donors (Lipinski definition) is 2. The molecule has 0 aliphatic rings. The Balaban J connectivity index is 1.69. The van der Waals surface area contributed by atoms with Crippen molar-refractivity contribution in [2.24, 2.45) is 4.99 Å². The zero-order chi connectivity index (χ0) is 26.8. The minimum atomic E-state index is 0.105. The molecule has 3 aromatic heterocycles. The molecule has 192 valence electrons. The summed E-state index contributed by atoms with van der Waals surface area (Å²) in [6.07, 6.45) is 2.21.